The molecular formula is C26H21ClFN5O2. The highest BCUT2D eigenvalue weighted by molar-refractivity contribution is 6.30. The van der Waals surface area contributed by atoms with Gasteiger partial charge in [0.05, 0.1) is 5.57 Å². The number of fused-ring (bicyclic) bond motifs is 1. The number of halogens is 2. The Labute approximate surface area is 206 Å². The van der Waals surface area contributed by atoms with Crippen molar-refractivity contribution in [2.75, 3.05) is 10.6 Å². The molecule has 176 valence electrons. The molecule has 0 aliphatic carbocycles. The summed E-state index contributed by atoms with van der Waals surface area (Å²) < 4.78 is 21.3. The van der Waals surface area contributed by atoms with Gasteiger partial charge in [-0.25, -0.2) is 9.07 Å². The van der Waals surface area contributed by atoms with Crippen molar-refractivity contribution < 1.29 is 13.9 Å². The summed E-state index contributed by atoms with van der Waals surface area (Å²) in [5.41, 5.74) is 3.08. The van der Waals surface area contributed by atoms with Gasteiger partial charge < -0.3 is 15.4 Å². The van der Waals surface area contributed by atoms with Crippen molar-refractivity contribution in [2.45, 2.75) is 19.6 Å². The number of allylic oxidation sites excluding steroid dienone is 1. The third-order valence-corrected chi connectivity index (χ3v) is 5.94. The maximum Gasteiger partial charge on any atom is 0.255 e. The summed E-state index contributed by atoms with van der Waals surface area (Å²) in [6, 6.07) is 20.2. The Morgan fingerprint density at radius 1 is 1.11 bits per heavy atom. The quantitative estimate of drug-likeness (QED) is 0.369. The lowest BCUT2D eigenvalue weighted by atomic mass is 9.95. The van der Waals surface area contributed by atoms with Crippen LogP contribution in [0.1, 0.15) is 24.1 Å². The molecule has 1 atom stereocenters. The van der Waals surface area contributed by atoms with Crippen LogP contribution >= 0.6 is 11.6 Å². The molecule has 0 saturated heterocycles. The van der Waals surface area contributed by atoms with Crippen LogP contribution in [0.4, 0.5) is 16.0 Å². The maximum absolute atomic E-state index is 13.9. The lowest BCUT2D eigenvalue weighted by Gasteiger charge is -2.28. The minimum Gasteiger partial charge on any atom is -0.489 e. The predicted octanol–water partition coefficient (Wildman–Crippen LogP) is 5.58. The van der Waals surface area contributed by atoms with Crippen LogP contribution in [0, 0.1) is 5.82 Å². The molecule has 9 heteroatoms. The molecule has 35 heavy (non-hydrogen) atoms. The van der Waals surface area contributed by atoms with E-state index in [1.54, 1.807) is 59.3 Å². The Balaban J connectivity index is 1.41. The van der Waals surface area contributed by atoms with Crippen LogP contribution in [0.2, 0.25) is 5.02 Å². The molecule has 1 aromatic heterocycles. The summed E-state index contributed by atoms with van der Waals surface area (Å²) in [5, 5.41) is 11.0. The molecule has 0 spiro atoms. The summed E-state index contributed by atoms with van der Waals surface area (Å²) in [6.07, 6.45) is 1.44. The van der Waals surface area contributed by atoms with Gasteiger partial charge >= 0.3 is 0 Å². The molecule has 7 nitrogen and oxygen atoms in total. The number of carbonyl (C=O) groups excluding carboxylic acids is 1. The van der Waals surface area contributed by atoms with Gasteiger partial charge in [-0.3, -0.25) is 4.79 Å². The summed E-state index contributed by atoms with van der Waals surface area (Å²) >= 11 is 5.97. The van der Waals surface area contributed by atoms with Crippen LogP contribution in [-0.4, -0.2) is 20.7 Å². The number of benzene rings is 3. The number of nitrogens with one attached hydrogen (secondary N) is 2. The molecule has 0 unspecified atom stereocenters. The first kappa shape index (κ1) is 22.6. The van der Waals surface area contributed by atoms with Gasteiger partial charge in [0.15, 0.2) is 0 Å². The molecule has 4 aromatic rings. The van der Waals surface area contributed by atoms with Gasteiger partial charge in [0.1, 0.15) is 30.5 Å². The number of hydrogen-bond donors (Lipinski definition) is 2. The van der Waals surface area contributed by atoms with E-state index in [2.05, 4.69) is 20.7 Å². The molecule has 0 bridgehead atoms. The first-order chi connectivity index (χ1) is 17.0. The van der Waals surface area contributed by atoms with Crippen molar-refractivity contribution in [1.29, 1.82) is 0 Å². The molecule has 3 aromatic carbocycles. The summed E-state index contributed by atoms with van der Waals surface area (Å²) in [7, 11) is 0. The molecule has 0 radical (unpaired) electrons. The first-order valence-electron chi connectivity index (χ1n) is 10.9. The topological polar surface area (TPSA) is 81.1 Å². The van der Waals surface area contributed by atoms with Crippen LogP contribution in [0.15, 0.2) is 90.4 Å². The second kappa shape index (κ2) is 9.60. The van der Waals surface area contributed by atoms with Crippen LogP contribution in [0.25, 0.3) is 0 Å². The number of hydrogen-bond acceptors (Lipinski definition) is 5. The summed E-state index contributed by atoms with van der Waals surface area (Å²) in [5.74, 6) is 0.533. The van der Waals surface area contributed by atoms with Crippen LogP contribution in [0.3, 0.4) is 0 Å². The predicted molar refractivity (Wildman–Crippen MR) is 132 cm³/mol. The van der Waals surface area contributed by atoms with Crippen LogP contribution < -0.4 is 15.4 Å². The van der Waals surface area contributed by atoms with Crippen molar-refractivity contribution in [2.24, 2.45) is 0 Å². The zero-order valence-corrected chi connectivity index (χ0v) is 19.5. The average Bonchev–Trinajstić information content (AvgIpc) is 3.32. The maximum atomic E-state index is 13.9. The van der Waals surface area contributed by atoms with Gasteiger partial charge in [-0.05, 0) is 55.0 Å². The van der Waals surface area contributed by atoms with E-state index in [0.717, 1.165) is 5.56 Å². The molecule has 5 rings (SSSR count). The lowest BCUT2D eigenvalue weighted by Crippen LogP contribution is -2.31. The zero-order chi connectivity index (χ0) is 24.4. The Hall–Kier alpha value is -4.17. The van der Waals surface area contributed by atoms with Crippen molar-refractivity contribution in [1.82, 2.24) is 14.8 Å². The summed E-state index contributed by atoms with van der Waals surface area (Å²) in [6.45, 7) is 1.94. The third-order valence-electron chi connectivity index (χ3n) is 5.69. The molecule has 2 N–H and O–H groups in total. The Morgan fingerprint density at radius 3 is 2.60 bits per heavy atom. The van der Waals surface area contributed by atoms with Gasteiger partial charge in [0.25, 0.3) is 5.91 Å². The SMILES string of the molecule is CC1=C(C(=O)Nc2ccc(Cl)cc2)[C@@H](c2ccc(OCc3ccccc3F)cc2)n2ncnc2N1. The highest BCUT2D eigenvalue weighted by Crippen LogP contribution is 2.36. The van der Waals surface area contributed by atoms with E-state index < -0.39 is 6.04 Å². The van der Waals surface area contributed by atoms with Crippen molar-refractivity contribution in [3.63, 3.8) is 0 Å². The number of anilines is 2. The molecule has 1 aliphatic heterocycles. The highest BCUT2D eigenvalue weighted by Gasteiger charge is 2.33. The monoisotopic (exact) mass is 489 g/mol. The standard InChI is InChI=1S/C26H21ClFN5O2/c1-16-23(25(34)32-20-10-8-19(27)9-11-20)24(33-26(31-16)29-15-30-33)17-6-12-21(13-7-17)35-14-18-4-2-3-5-22(18)28/h2-13,15,24H,14H2,1H3,(H,32,34)(H,29,30,31)/t24-/m1/s1. The fourth-order valence-electron chi connectivity index (χ4n) is 3.95. The number of ether oxygens (including phenoxy) is 1. The minimum atomic E-state index is -0.512. The van der Waals surface area contributed by atoms with Crippen LogP contribution in [-0.2, 0) is 11.4 Å². The Bertz CT molecular complexity index is 1400. The lowest BCUT2D eigenvalue weighted by molar-refractivity contribution is -0.113. The molecule has 1 amide bonds. The molecule has 0 fully saturated rings. The van der Waals surface area contributed by atoms with Crippen molar-refractivity contribution >= 4 is 29.1 Å². The van der Waals surface area contributed by atoms with E-state index in [-0.39, 0.29) is 18.3 Å². The number of nitrogens with zero attached hydrogens (tertiary/aromatic N) is 3. The van der Waals surface area contributed by atoms with E-state index >= 15 is 0 Å². The molecular weight excluding hydrogens is 469 g/mol. The zero-order valence-electron chi connectivity index (χ0n) is 18.7. The normalized spacial score (nSPS) is 14.8. The molecule has 1 aliphatic rings. The number of aromatic nitrogens is 3. The molecule has 2 heterocycles. The van der Waals surface area contributed by atoms with E-state index in [1.807, 2.05) is 19.1 Å². The van der Waals surface area contributed by atoms with Crippen molar-refractivity contribution in [3.05, 3.63) is 112 Å². The second-order valence-corrected chi connectivity index (χ2v) is 8.44. The Kier molecular flexibility index (Phi) is 6.20. The second-order valence-electron chi connectivity index (χ2n) is 8.00. The number of amides is 1. The van der Waals surface area contributed by atoms with E-state index in [9.17, 15) is 9.18 Å². The fourth-order valence-corrected chi connectivity index (χ4v) is 4.07. The summed E-state index contributed by atoms with van der Waals surface area (Å²) in [4.78, 5) is 17.6. The van der Waals surface area contributed by atoms with Crippen LogP contribution in [0.5, 0.6) is 5.75 Å². The van der Waals surface area contributed by atoms with Crippen molar-refractivity contribution in [3.8, 4) is 5.75 Å². The average molecular weight is 490 g/mol. The first-order valence-corrected chi connectivity index (χ1v) is 11.3. The Morgan fingerprint density at radius 2 is 1.86 bits per heavy atom. The van der Waals surface area contributed by atoms with Gasteiger partial charge in [-0.2, -0.15) is 10.1 Å². The van der Waals surface area contributed by atoms with E-state index in [4.69, 9.17) is 16.3 Å². The van der Waals surface area contributed by atoms with E-state index in [1.165, 1.54) is 12.4 Å². The molecule has 0 saturated carbocycles. The third kappa shape index (κ3) is 4.74. The highest BCUT2D eigenvalue weighted by atomic mass is 35.5. The largest absolute Gasteiger partial charge is 0.489 e. The van der Waals surface area contributed by atoms with Gasteiger partial charge in [0.2, 0.25) is 5.95 Å². The van der Waals surface area contributed by atoms with E-state index in [0.29, 0.717) is 39.2 Å². The van der Waals surface area contributed by atoms with Gasteiger partial charge in [-0.15, -0.1) is 0 Å². The minimum absolute atomic E-state index is 0.111. The number of rotatable bonds is 6. The smallest absolute Gasteiger partial charge is 0.255 e. The number of carbonyl (C=O) groups is 1. The van der Waals surface area contributed by atoms with Gasteiger partial charge in [0, 0.05) is 22.0 Å². The fraction of sp³-hybridized carbons (Fsp3) is 0.115. The van der Waals surface area contributed by atoms with Gasteiger partial charge in [-0.1, -0.05) is 41.9 Å².